The van der Waals surface area contributed by atoms with Crippen molar-refractivity contribution in [1.29, 1.82) is 0 Å². The maximum absolute atomic E-state index is 14.6. The first-order valence-electron chi connectivity index (χ1n) is 12.9. The van der Waals surface area contributed by atoms with E-state index in [0.717, 1.165) is 73.7 Å². The smallest absolute Gasteiger partial charge is 0.371 e. The van der Waals surface area contributed by atoms with Crippen LogP contribution < -0.4 is 5.32 Å². The van der Waals surface area contributed by atoms with E-state index in [4.69, 9.17) is 9.84 Å². The van der Waals surface area contributed by atoms with E-state index >= 15 is 0 Å². The number of hydrogen-bond acceptors (Lipinski definition) is 6. The Morgan fingerprint density at radius 3 is 2.55 bits per heavy atom. The molecule has 2 aromatic carbocycles. The Bertz CT molecular complexity index is 1440. The van der Waals surface area contributed by atoms with Gasteiger partial charge in [0.1, 0.15) is 11.6 Å². The number of aromatic nitrogens is 1. The number of carbonyl (C=O) groups excluding carboxylic acids is 1. The largest absolute Gasteiger partial charge is 0.490 e. The van der Waals surface area contributed by atoms with Crippen molar-refractivity contribution in [2.45, 2.75) is 46.5 Å². The third-order valence-corrected chi connectivity index (χ3v) is 7.40. The van der Waals surface area contributed by atoms with Gasteiger partial charge in [-0.3, -0.25) is 10.1 Å². The number of carbonyl (C=O) groups is 2. The molecule has 7 nitrogen and oxygen atoms in total. The molecule has 0 atom stereocenters. The van der Waals surface area contributed by atoms with Crippen LogP contribution in [0.3, 0.4) is 0 Å². The van der Waals surface area contributed by atoms with Gasteiger partial charge in [0, 0.05) is 34.3 Å². The first-order valence-corrected chi connectivity index (χ1v) is 13.8. The molecule has 1 aliphatic rings. The Kier molecular flexibility index (Phi) is 9.00. The monoisotopic (exact) mass is 570 g/mol. The second-order valence-electron chi connectivity index (χ2n) is 10.8. The van der Waals surface area contributed by atoms with E-state index in [1.54, 1.807) is 0 Å². The maximum atomic E-state index is 14.6. The fourth-order valence-corrected chi connectivity index (χ4v) is 5.48. The number of amides is 1. The van der Waals surface area contributed by atoms with E-state index in [2.05, 4.69) is 41.9 Å². The summed E-state index contributed by atoms with van der Waals surface area (Å²) in [5.74, 6) is -5.03. The van der Waals surface area contributed by atoms with Crippen LogP contribution in [0, 0.1) is 17.0 Å². The summed E-state index contributed by atoms with van der Waals surface area (Å²) in [6.07, 6.45) is 4.19. The van der Waals surface area contributed by atoms with Gasteiger partial charge in [-0.1, -0.05) is 39.0 Å². The third-order valence-electron chi connectivity index (χ3n) is 6.37. The Morgan fingerprint density at radius 1 is 1.18 bits per heavy atom. The lowest BCUT2D eigenvalue weighted by Crippen LogP contribution is -2.15. The Morgan fingerprint density at radius 2 is 1.90 bits per heavy atom. The maximum Gasteiger partial charge on any atom is 0.371 e. The number of thiazole rings is 1. The summed E-state index contributed by atoms with van der Waals surface area (Å²) in [6.45, 7) is 7.86. The zero-order valence-electron chi connectivity index (χ0n) is 22.9. The van der Waals surface area contributed by atoms with E-state index in [0.29, 0.717) is 11.7 Å². The number of aryl methyl sites for hydroxylation is 2. The number of nitrogens with zero attached hydrogens (tertiary/aromatic N) is 1. The minimum Gasteiger partial charge on any atom is -0.490 e. The summed E-state index contributed by atoms with van der Waals surface area (Å²) >= 11 is 1.34. The molecule has 2 N–H and O–H groups in total. The highest BCUT2D eigenvalue weighted by Gasteiger charge is 2.24. The average molecular weight is 571 g/mol. The summed E-state index contributed by atoms with van der Waals surface area (Å²) in [5, 5.41) is 12.0. The fraction of sp³-hybridized carbons (Fsp3) is 0.367. The molecule has 0 spiro atoms. The molecule has 0 fully saturated rings. The number of fused-ring (bicyclic) bond motifs is 3. The molecule has 212 valence electrons. The van der Waals surface area contributed by atoms with Gasteiger partial charge in [0.15, 0.2) is 5.13 Å². The molecule has 3 aromatic rings. The number of anilines is 1. The molecule has 0 aliphatic heterocycles. The summed E-state index contributed by atoms with van der Waals surface area (Å²) in [4.78, 5) is 29.6. The molecule has 0 radical (unpaired) electrons. The van der Waals surface area contributed by atoms with Crippen molar-refractivity contribution in [2.24, 2.45) is 5.41 Å². The van der Waals surface area contributed by atoms with Gasteiger partial charge in [0.2, 0.25) is 5.76 Å². The Hall–Kier alpha value is -3.63. The molecule has 1 aliphatic carbocycles. The lowest BCUT2D eigenvalue weighted by atomic mass is 9.88. The third kappa shape index (κ3) is 6.92. The molecule has 1 heterocycles. The van der Waals surface area contributed by atoms with E-state index < -0.39 is 34.8 Å². The molecule has 4 rings (SSSR count). The molecular formula is C30H32F2N2O5S. The minimum atomic E-state index is -1.48. The van der Waals surface area contributed by atoms with Crippen molar-refractivity contribution >= 4 is 34.4 Å². The normalized spacial score (nSPS) is 13.0. The van der Waals surface area contributed by atoms with Crippen molar-refractivity contribution in [3.05, 3.63) is 74.9 Å². The fourth-order valence-electron chi connectivity index (χ4n) is 4.51. The van der Waals surface area contributed by atoms with Gasteiger partial charge >= 0.3 is 5.97 Å². The molecule has 0 bridgehead atoms. The Balaban J connectivity index is 1.48. The van der Waals surface area contributed by atoms with Gasteiger partial charge < -0.3 is 14.6 Å². The number of aliphatic carboxylic acids is 1. The quantitative estimate of drug-likeness (QED) is 0.164. The van der Waals surface area contributed by atoms with Crippen LogP contribution in [-0.2, 0) is 33.5 Å². The first-order chi connectivity index (χ1) is 19.0. The molecule has 0 unspecified atom stereocenters. The van der Waals surface area contributed by atoms with Crippen molar-refractivity contribution < 1.29 is 33.0 Å². The molecule has 0 saturated carbocycles. The molecule has 1 amide bonds. The Labute approximate surface area is 235 Å². The predicted octanol–water partition coefficient (Wildman–Crippen LogP) is 6.51. The standard InChI is InChI=1S/C30H32F2N2O5S/c1-30(2,3)16-39-12-6-8-17-7-5-9-20-19(17)10-11-25-26(20)33-29(40-25)34-27(35)18-13-22(31)21(23(32)14-18)15-24(38-4)28(36)37/h5,7,9,13-15H,6,8,10-12,16H2,1-4H3,(H,36,37)(H,33,34,35)/b24-15-. The number of ether oxygens (including phenoxy) is 2. The van der Waals surface area contributed by atoms with E-state index in [-0.39, 0.29) is 11.0 Å². The predicted molar refractivity (Wildman–Crippen MR) is 150 cm³/mol. The van der Waals surface area contributed by atoms with E-state index in [9.17, 15) is 18.4 Å². The van der Waals surface area contributed by atoms with Crippen molar-refractivity contribution in [1.82, 2.24) is 4.98 Å². The van der Waals surface area contributed by atoms with E-state index in [1.165, 1.54) is 22.5 Å². The van der Waals surface area contributed by atoms with Gasteiger partial charge in [0.05, 0.1) is 19.4 Å². The number of halogens is 2. The van der Waals surface area contributed by atoms with E-state index in [1.807, 2.05) is 12.1 Å². The molecule has 1 aromatic heterocycles. The first kappa shape index (κ1) is 29.4. The number of carboxylic acid groups (broad SMARTS) is 1. The van der Waals surface area contributed by atoms with Crippen LogP contribution in [0.2, 0.25) is 0 Å². The van der Waals surface area contributed by atoms with Crippen LogP contribution in [0.15, 0.2) is 36.1 Å². The van der Waals surface area contributed by atoms with Crippen molar-refractivity contribution in [3.63, 3.8) is 0 Å². The highest BCUT2D eigenvalue weighted by molar-refractivity contribution is 7.16. The van der Waals surface area contributed by atoms with Crippen LogP contribution in [0.5, 0.6) is 0 Å². The number of hydrogen-bond donors (Lipinski definition) is 2. The number of methoxy groups -OCH3 is 1. The number of nitrogens with one attached hydrogen (secondary N) is 1. The minimum absolute atomic E-state index is 0.138. The van der Waals surface area contributed by atoms with Crippen LogP contribution >= 0.6 is 11.3 Å². The van der Waals surface area contributed by atoms with Gasteiger partial charge in [-0.05, 0) is 54.4 Å². The van der Waals surface area contributed by atoms with Crippen molar-refractivity contribution in [2.75, 3.05) is 25.6 Å². The van der Waals surface area contributed by atoms with Crippen LogP contribution in [0.4, 0.5) is 13.9 Å². The zero-order valence-corrected chi connectivity index (χ0v) is 23.7. The van der Waals surface area contributed by atoms with Gasteiger partial charge in [-0.25, -0.2) is 18.6 Å². The molecule has 10 heteroatoms. The van der Waals surface area contributed by atoms with Crippen LogP contribution in [-0.4, -0.2) is 42.3 Å². The second-order valence-corrected chi connectivity index (χ2v) is 11.9. The topological polar surface area (TPSA) is 97.8 Å². The highest BCUT2D eigenvalue weighted by Crippen LogP contribution is 2.39. The lowest BCUT2D eigenvalue weighted by Gasteiger charge is -2.20. The van der Waals surface area contributed by atoms with Gasteiger partial charge in [-0.15, -0.1) is 11.3 Å². The summed E-state index contributed by atoms with van der Waals surface area (Å²) in [7, 11) is 1.08. The van der Waals surface area contributed by atoms with Gasteiger partial charge in [0.25, 0.3) is 5.91 Å². The second kappa shape index (κ2) is 12.3. The molecular weight excluding hydrogens is 538 g/mol. The van der Waals surface area contributed by atoms with Gasteiger partial charge in [-0.2, -0.15) is 0 Å². The number of carboxylic acids is 1. The zero-order chi connectivity index (χ0) is 29.0. The number of benzene rings is 2. The average Bonchev–Trinajstić information content (AvgIpc) is 3.30. The lowest BCUT2D eigenvalue weighted by molar-refractivity contribution is -0.135. The molecule has 0 saturated heterocycles. The van der Waals surface area contributed by atoms with Crippen LogP contribution in [0.1, 0.15) is 59.1 Å². The van der Waals surface area contributed by atoms with Crippen molar-refractivity contribution in [3.8, 4) is 11.3 Å². The summed E-state index contributed by atoms with van der Waals surface area (Å²) < 4.78 is 39.7. The number of rotatable bonds is 10. The van der Waals surface area contributed by atoms with Crippen LogP contribution in [0.25, 0.3) is 17.3 Å². The summed E-state index contributed by atoms with van der Waals surface area (Å²) in [6, 6.07) is 7.87. The summed E-state index contributed by atoms with van der Waals surface area (Å²) in [5.41, 5.74) is 3.62. The SMILES string of the molecule is CO/C(=C\c1c(F)cc(C(=O)Nc2nc3c(s2)CCc2c(CCCOCC(C)(C)C)cccc2-3)cc1F)C(=O)O. The highest BCUT2D eigenvalue weighted by atomic mass is 32.1. The molecule has 40 heavy (non-hydrogen) atoms.